The summed E-state index contributed by atoms with van der Waals surface area (Å²) in [4.78, 5) is 13.7. The second-order valence-corrected chi connectivity index (χ2v) is 3.65. The number of nitrogens with zero attached hydrogens (tertiary/aromatic N) is 1. The van der Waals surface area contributed by atoms with Crippen LogP contribution in [0.1, 0.15) is 24.2 Å². The Hall–Kier alpha value is -1.35. The molecule has 0 N–H and O–H groups in total. The van der Waals surface area contributed by atoms with Gasteiger partial charge in [-0.25, -0.2) is 0 Å². The Morgan fingerprint density at radius 3 is 2.62 bits per heavy atom. The average Bonchev–Trinajstić information content (AvgIpc) is 2.30. The van der Waals surface area contributed by atoms with Gasteiger partial charge in [0.25, 0.3) is 0 Å². The second-order valence-electron chi connectivity index (χ2n) is 3.65. The van der Waals surface area contributed by atoms with Gasteiger partial charge in [0.15, 0.2) is 5.78 Å². The van der Waals surface area contributed by atoms with E-state index in [9.17, 15) is 4.79 Å². The maximum Gasteiger partial charge on any atom is 0.161 e. The molecule has 0 aliphatic rings. The van der Waals surface area contributed by atoms with Crippen LogP contribution in [0.15, 0.2) is 24.3 Å². The largest absolute Gasteiger partial charge is 0.383 e. The van der Waals surface area contributed by atoms with E-state index in [2.05, 4.69) is 11.8 Å². The van der Waals surface area contributed by atoms with Crippen LogP contribution in [-0.4, -0.2) is 32.6 Å². The van der Waals surface area contributed by atoms with Crippen molar-refractivity contribution in [3.8, 4) is 0 Å². The molecule has 0 unspecified atom stereocenters. The number of ketones is 1. The van der Waals surface area contributed by atoms with Gasteiger partial charge in [-0.05, 0) is 26.0 Å². The van der Waals surface area contributed by atoms with Gasteiger partial charge in [0, 0.05) is 31.5 Å². The van der Waals surface area contributed by atoms with Crippen LogP contribution >= 0.6 is 0 Å². The number of rotatable bonds is 6. The minimum absolute atomic E-state index is 0.103. The Morgan fingerprint density at radius 2 is 2.06 bits per heavy atom. The van der Waals surface area contributed by atoms with Crippen LogP contribution in [0.2, 0.25) is 0 Å². The maximum atomic E-state index is 11.5. The predicted octanol–water partition coefficient (Wildman–Crippen LogP) is 2.36. The summed E-state index contributed by atoms with van der Waals surface area (Å²) in [6.45, 7) is 6.01. The third-order valence-electron chi connectivity index (χ3n) is 2.57. The topological polar surface area (TPSA) is 29.5 Å². The minimum atomic E-state index is 0.103. The lowest BCUT2D eigenvalue weighted by Crippen LogP contribution is -2.28. The fraction of sp³-hybridized carbons (Fsp3) is 0.462. The zero-order valence-electron chi connectivity index (χ0n) is 10.2. The number of ether oxygens (including phenoxy) is 1. The molecule has 0 saturated carbocycles. The van der Waals surface area contributed by atoms with Gasteiger partial charge in [-0.1, -0.05) is 12.1 Å². The summed E-state index contributed by atoms with van der Waals surface area (Å²) in [6.07, 6.45) is 0. The molecule has 0 aromatic heterocycles. The Labute approximate surface area is 97.0 Å². The average molecular weight is 221 g/mol. The molecule has 3 nitrogen and oxygen atoms in total. The summed E-state index contributed by atoms with van der Waals surface area (Å²) in [7, 11) is 1.69. The van der Waals surface area contributed by atoms with E-state index in [1.165, 1.54) is 0 Å². The first-order chi connectivity index (χ1) is 7.70. The van der Waals surface area contributed by atoms with Crippen molar-refractivity contribution in [1.82, 2.24) is 0 Å². The van der Waals surface area contributed by atoms with Gasteiger partial charge in [-0.2, -0.15) is 0 Å². The molecule has 0 spiro atoms. The monoisotopic (exact) mass is 221 g/mol. The van der Waals surface area contributed by atoms with E-state index in [-0.39, 0.29) is 5.78 Å². The fourth-order valence-corrected chi connectivity index (χ4v) is 1.70. The van der Waals surface area contributed by atoms with Crippen LogP contribution in [0.25, 0.3) is 0 Å². The molecule has 0 atom stereocenters. The van der Waals surface area contributed by atoms with Gasteiger partial charge in [-0.3, -0.25) is 4.79 Å². The molecule has 0 bridgehead atoms. The summed E-state index contributed by atoms with van der Waals surface area (Å²) in [5.41, 5.74) is 1.77. The van der Waals surface area contributed by atoms with Crippen LogP contribution in [0, 0.1) is 0 Å². The molecule has 0 amide bonds. The molecule has 0 fully saturated rings. The van der Waals surface area contributed by atoms with Crippen LogP contribution in [0.4, 0.5) is 5.69 Å². The molecule has 0 aliphatic carbocycles. The summed E-state index contributed by atoms with van der Waals surface area (Å²) >= 11 is 0. The summed E-state index contributed by atoms with van der Waals surface area (Å²) in [5, 5.41) is 0. The lowest BCUT2D eigenvalue weighted by molar-refractivity contribution is 0.101. The fourth-order valence-electron chi connectivity index (χ4n) is 1.70. The molecule has 0 heterocycles. The predicted molar refractivity (Wildman–Crippen MR) is 66.2 cm³/mol. The minimum Gasteiger partial charge on any atom is -0.383 e. The van der Waals surface area contributed by atoms with Gasteiger partial charge in [0.05, 0.1) is 6.61 Å². The SMILES string of the molecule is CCN(CCOC)c1ccccc1C(C)=O. The third kappa shape index (κ3) is 3.07. The van der Waals surface area contributed by atoms with Crippen LogP contribution in [-0.2, 0) is 4.74 Å². The number of hydrogen-bond acceptors (Lipinski definition) is 3. The van der Waals surface area contributed by atoms with Crippen molar-refractivity contribution in [2.75, 3.05) is 31.7 Å². The van der Waals surface area contributed by atoms with E-state index in [1.807, 2.05) is 24.3 Å². The van der Waals surface area contributed by atoms with Crippen LogP contribution in [0.5, 0.6) is 0 Å². The number of benzene rings is 1. The first kappa shape index (κ1) is 12.7. The van der Waals surface area contributed by atoms with Crippen molar-refractivity contribution in [2.24, 2.45) is 0 Å². The molecule has 0 saturated heterocycles. The molecular weight excluding hydrogens is 202 g/mol. The first-order valence-corrected chi connectivity index (χ1v) is 5.54. The van der Waals surface area contributed by atoms with Gasteiger partial charge < -0.3 is 9.64 Å². The normalized spacial score (nSPS) is 10.2. The molecule has 1 rings (SSSR count). The number of anilines is 1. The second kappa shape index (κ2) is 6.28. The van der Waals surface area contributed by atoms with Crippen molar-refractivity contribution in [3.05, 3.63) is 29.8 Å². The lowest BCUT2D eigenvalue weighted by Gasteiger charge is -2.24. The first-order valence-electron chi connectivity index (χ1n) is 5.54. The zero-order chi connectivity index (χ0) is 12.0. The van der Waals surface area contributed by atoms with Crippen molar-refractivity contribution in [2.45, 2.75) is 13.8 Å². The molecule has 1 aromatic carbocycles. The Morgan fingerprint density at radius 1 is 1.38 bits per heavy atom. The molecule has 1 aromatic rings. The van der Waals surface area contributed by atoms with E-state index in [0.717, 1.165) is 24.3 Å². The van der Waals surface area contributed by atoms with Gasteiger partial charge in [0.1, 0.15) is 0 Å². The van der Waals surface area contributed by atoms with Gasteiger partial charge in [0.2, 0.25) is 0 Å². The Balaban J connectivity index is 2.94. The van der Waals surface area contributed by atoms with E-state index in [1.54, 1.807) is 14.0 Å². The molecule has 16 heavy (non-hydrogen) atoms. The van der Waals surface area contributed by atoms with E-state index >= 15 is 0 Å². The lowest BCUT2D eigenvalue weighted by atomic mass is 10.1. The molecule has 0 aliphatic heterocycles. The molecule has 3 heteroatoms. The Kier molecular flexibility index (Phi) is 4.99. The molecule has 88 valence electrons. The summed E-state index contributed by atoms with van der Waals surface area (Å²) in [6, 6.07) is 7.70. The number of Topliss-reactive ketones (excluding diaryl/α,β-unsaturated/α-hetero) is 1. The van der Waals surface area contributed by atoms with Crippen molar-refractivity contribution >= 4 is 11.5 Å². The van der Waals surface area contributed by atoms with Crippen molar-refractivity contribution < 1.29 is 9.53 Å². The number of carbonyl (C=O) groups is 1. The molecule has 0 radical (unpaired) electrons. The maximum absolute atomic E-state index is 11.5. The number of methoxy groups -OCH3 is 1. The quantitative estimate of drug-likeness (QED) is 0.691. The number of carbonyl (C=O) groups excluding carboxylic acids is 1. The smallest absolute Gasteiger partial charge is 0.161 e. The highest BCUT2D eigenvalue weighted by Crippen LogP contribution is 2.20. The van der Waals surface area contributed by atoms with Crippen LogP contribution in [0.3, 0.4) is 0 Å². The van der Waals surface area contributed by atoms with Crippen LogP contribution < -0.4 is 4.90 Å². The summed E-state index contributed by atoms with van der Waals surface area (Å²) < 4.78 is 5.07. The van der Waals surface area contributed by atoms with Crippen molar-refractivity contribution in [3.63, 3.8) is 0 Å². The van der Waals surface area contributed by atoms with Gasteiger partial charge >= 0.3 is 0 Å². The van der Waals surface area contributed by atoms with E-state index < -0.39 is 0 Å². The number of likely N-dealkylation sites (N-methyl/N-ethyl adjacent to an activating group) is 1. The Bertz CT molecular complexity index is 350. The van der Waals surface area contributed by atoms with Gasteiger partial charge in [-0.15, -0.1) is 0 Å². The highest BCUT2D eigenvalue weighted by Gasteiger charge is 2.11. The summed E-state index contributed by atoms with van der Waals surface area (Å²) in [5.74, 6) is 0.103. The van der Waals surface area contributed by atoms with E-state index in [0.29, 0.717) is 6.61 Å². The third-order valence-corrected chi connectivity index (χ3v) is 2.57. The number of para-hydroxylation sites is 1. The zero-order valence-corrected chi connectivity index (χ0v) is 10.2. The standard InChI is InChI=1S/C13H19NO2/c1-4-14(9-10-16-3)13-8-6-5-7-12(13)11(2)15/h5-8H,4,9-10H2,1-3H3. The number of hydrogen-bond donors (Lipinski definition) is 0. The van der Waals surface area contributed by atoms with Crippen molar-refractivity contribution in [1.29, 1.82) is 0 Å². The highest BCUT2D eigenvalue weighted by molar-refractivity contribution is 5.99. The highest BCUT2D eigenvalue weighted by atomic mass is 16.5. The molecular formula is C13H19NO2. The van der Waals surface area contributed by atoms with E-state index in [4.69, 9.17) is 4.74 Å².